The zero-order valence-electron chi connectivity index (χ0n) is 13.2. The van der Waals surface area contributed by atoms with Gasteiger partial charge in [-0.05, 0) is 50.5 Å². The molecule has 0 aromatic carbocycles. The van der Waals surface area contributed by atoms with Crippen LogP contribution < -0.4 is 5.56 Å². The fraction of sp³-hybridized carbons (Fsp3) is 0.533. The Morgan fingerprint density at radius 2 is 2.00 bits per heavy atom. The van der Waals surface area contributed by atoms with Gasteiger partial charge in [-0.2, -0.15) is 5.10 Å². The number of nitrogens with one attached hydrogen (secondary N) is 1. The van der Waals surface area contributed by atoms with Crippen LogP contribution in [0.5, 0.6) is 0 Å². The molecule has 2 aromatic heterocycles. The number of aryl methyl sites for hydroxylation is 2. The number of nitrogens with zero attached hydrogens (tertiary/aromatic N) is 3. The number of aromatic amines is 1. The van der Waals surface area contributed by atoms with Gasteiger partial charge in [-0.3, -0.25) is 9.89 Å². The van der Waals surface area contributed by atoms with Crippen LogP contribution in [0.15, 0.2) is 10.9 Å². The van der Waals surface area contributed by atoms with Gasteiger partial charge in [0.1, 0.15) is 0 Å². The van der Waals surface area contributed by atoms with Crippen LogP contribution in [0.3, 0.4) is 0 Å². The summed E-state index contributed by atoms with van der Waals surface area (Å²) in [5.74, 6) is 1.03. The van der Waals surface area contributed by atoms with Gasteiger partial charge in [0.15, 0.2) is 10.6 Å². The minimum atomic E-state index is 0.00454. The van der Waals surface area contributed by atoms with E-state index >= 15 is 0 Å². The van der Waals surface area contributed by atoms with Gasteiger partial charge in [-0.15, -0.1) is 0 Å². The van der Waals surface area contributed by atoms with Gasteiger partial charge in [-0.1, -0.05) is 13.8 Å². The highest BCUT2D eigenvalue weighted by Crippen LogP contribution is 2.19. The molecule has 21 heavy (non-hydrogen) atoms. The summed E-state index contributed by atoms with van der Waals surface area (Å²) in [7, 11) is 0. The van der Waals surface area contributed by atoms with E-state index in [1.54, 1.807) is 0 Å². The first kappa shape index (κ1) is 15.7. The van der Waals surface area contributed by atoms with Gasteiger partial charge in [0.25, 0.3) is 5.56 Å². The van der Waals surface area contributed by atoms with Crippen LogP contribution in [0.1, 0.15) is 32.0 Å². The highest BCUT2D eigenvalue weighted by atomic mass is 32.1. The van der Waals surface area contributed by atoms with Crippen LogP contribution in [-0.2, 0) is 13.1 Å². The summed E-state index contributed by atoms with van der Waals surface area (Å²) in [4.78, 5) is 12.9. The normalized spacial score (nSPS) is 11.3. The Labute approximate surface area is 129 Å². The van der Waals surface area contributed by atoms with Crippen molar-refractivity contribution in [2.75, 3.05) is 0 Å². The summed E-state index contributed by atoms with van der Waals surface area (Å²) in [5, 5.41) is 7.04. The molecule has 0 radical (unpaired) electrons. The summed E-state index contributed by atoms with van der Waals surface area (Å²) in [5.41, 5.74) is 2.55. The van der Waals surface area contributed by atoms with Crippen molar-refractivity contribution in [3.8, 4) is 11.4 Å². The van der Waals surface area contributed by atoms with Crippen LogP contribution >= 0.6 is 12.2 Å². The lowest BCUT2D eigenvalue weighted by molar-refractivity contribution is 0.502. The van der Waals surface area contributed by atoms with Gasteiger partial charge in [0.2, 0.25) is 0 Å². The molecule has 0 atom stereocenters. The summed E-state index contributed by atoms with van der Waals surface area (Å²) in [6.07, 6.45) is 0. The second-order valence-corrected chi connectivity index (χ2v) is 6.14. The number of hydrogen-bond acceptors (Lipinski definition) is 3. The lowest BCUT2D eigenvalue weighted by Gasteiger charge is -2.16. The highest BCUT2D eigenvalue weighted by Gasteiger charge is 2.18. The number of rotatable bonds is 4. The van der Waals surface area contributed by atoms with E-state index in [0.717, 1.165) is 11.3 Å². The van der Waals surface area contributed by atoms with Gasteiger partial charge in [-0.25, -0.2) is 0 Å². The Bertz CT molecular complexity index is 767. The van der Waals surface area contributed by atoms with Crippen molar-refractivity contribution >= 4 is 12.2 Å². The Kier molecular flexibility index (Phi) is 4.46. The standard InChI is InChI=1S/C15H22N4OS/c1-6-18-13(16-17-15(18)21)12-10(4)7-11(5)19(14(12)20)8-9(2)3/h7,9H,6,8H2,1-5H3,(H,17,21). The van der Waals surface area contributed by atoms with Gasteiger partial charge >= 0.3 is 0 Å². The molecule has 0 saturated carbocycles. The topological polar surface area (TPSA) is 55.6 Å². The van der Waals surface area contributed by atoms with E-state index in [-0.39, 0.29) is 5.56 Å². The highest BCUT2D eigenvalue weighted by molar-refractivity contribution is 7.71. The molecule has 0 aliphatic rings. The first-order valence-electron chi connectivity index (χ1n) is 7.23. The summed E-state index contributed by atoms with van der Waals surface area (Å²) in [6, 6.07) is 2.04. The molecule has 2 heterocycles. The smallest absolute Gasteiger partial charge is 0.262 e. The SMILES string of the molecule is CCn1c(-c2c(C)cc(C)n(CC(C)C)c2=O)n[nH]c1=S. The Morgan fingerprint density at radius 1 is 1.33 bits per heavy atom. The van der Waals surface area contributed by atoms with Crippen molar-refractivity contribution in [3.63, 3.8) is 0 Å². The zero-order chi connectivity index (χ0) is 15.7. The average Bonchev–Trinajstić information content (AvgIpc) is 2.75. The van der Waals surface area contributed by atoms with Crippen molar-refractivity contribution in [3.05, 3.63) is 32.4 Å². The lowest BCUT2D eigenvalue weighted by Crippen LogP contribution is -2.27. The maximum Gasteiger partial charge on any atom is 0.262 e. The van der Waals surface area contributed by atoms with E-state index in [4.69, 9.17) is 12.2 Å². The van der Waals surface area contributed by atoms with Crippen LogP contribution in [0, 0.1) is 24.5 Å². The van der Waals surface area contributed by atoms with E-state index in [1.807, 2.05) is 36.0 Å². The van der Waals surface area contributed by atoms with E-state index in [9.17, 15) is 4.79 Å². The van der Waals surface area contributed by atoms with Crippen molar-refractivity contribution < 1.29 is 0 Å². The monoisotopic (exact) mass is 306 g/mol. The molecule has 0 amide bonds. The molecular weight excluding hydrogens is 284 g/mol. The molecule has 0 fully saturated rings. The minimum Gasteiger partial charge on any atom is -0.312 e. The number of aromatic nitrogens is 4. The van der Waals surface area contributed by atoms with E-state index in [0.29, 0.717) is 35.2 Å². The summed E-state index contributed by atoms with van der Waals surface area (Å²) >= 11 is 5.22. The molecule has 0 aliphatic carbocycles. The van der Waals surface area contributed by atoms with Gasteiger partial charge in [0, 0.05) is 18.8 Å². The van der Waals surface area contributed by atoms with Crippen molar-refractivity contribution in [1.82, 2.24) is 19.3 Å². The third kappa shape index (κ3) is 2.85. The molecule has 114 valence electrons. The van der Waals surface area contributed by atoms with Crippen LogP contribution in [-0.4, -0.2) is 19.3 Å². The van der Waals surface area contributed by atoms with Crippen molar-refractivity contribution in [2.24, 2.45) is 5.92 Å². The largest absolute Gasteiger partial charge is 0.312 e. The first-order chi connectivity index (χ1) is 9.86. The fourth-order valence-corrected chi connectivity index (χ4v) is 2.85. The minimum absolute atomic E-state index is 0.00454. The maximum atomic E-state index is 12.9. The molecule has 5 nitrogen and oxygen atoms in total. The molecular formula is C15H22N4OS. The second kappa shape index (κ2) is 5.97. The molecule has 0 saturated heterocycles. The molecule has 0 bridgehead atoms. The lowest BCUT2D eigenvalue weighted by atomic mass is 10.1. The molecule has 0 aliphatic heterocycles. The van der Waals surface area contributed by atoms with Gasteiger partial charge in [0.05, 0.1) is 5.56 Å². The van der Waals surface area contributed by atoms with Crippen LogP contribution in [0.4, 0.5) is 0 Å². The van der Waals surface area contributed by atoms with Crippen LogP contribution in [0.2, 0.25) is 0 Å². The molecule has 2 aromatic rings. The Balaban J connectivity index is 2.75. The zero-order valence-corrected chi connectivity index (χ0v) is 14.0. The third-order valence-corrected chi connectivity index (χ3v) is 3.86. The summed E-state index contributed by atoms with van der Waals surface area (Å²) in [6.45, 7) is 11.5. The molecule has 6 heteroatoms. The predicted octanol–water partition coefficient (Wildman–Crippen LogP) is 3.06. The van der Waals surface area contributed by atoms with E-state index in [1.165, 1.54) is 0 Å². The van der Waals surface area contributed by atoms with Crippen molar-refractivity contribution in [2.45, 2.75) is 47.7 Å². The van der Waals surface area contributed by atoms with E-state index in [2.05, 4.69) is 24.0 Å². The predicted molar refractivity (Wildman–Crippen MR) is 87.1 cm³/mol. The number of pyridine rings is 1. The maximum absolute atomic E-state index is 12.9. The summed E-state index contributed by atoms with van der Waals surface area (Å²) < 4.78 is 4.22. The molecule has 0 spiro atoms. The Hall–Kier alpha value is -1.69. The van der Waals surface area contributed by atoms with Crippen LogP contribution in [0.25, 0.3) is 11.4 Å². The van der Waals surface area contributed by atoms with Gasteiger partial charge < -0.3 is 9.13 Å². The average molecular weight is 306 g/mol. The number of hydrogen-bond donors (Lipinski definition) is 1. The number of H-pyrrole nitrogens is 1. The van der Waals surface area contributed by atoms with E-state index < -0.39 is 0 Å². The quantitative estimate of drug-likeness (QED) is 0.883. The molecule has 2 rings (SSSR count). The van der Waals surface area contributed by atoms with Crippen molar-refractivity contribution in [1.29, 1.82) is 0 Å². The third-order valence-electron chi connectivity index (χ3n) is 3.55. The molecule has 0 unspecified atom stereocenters. The second-order valence-electron chi connectivity index (χ2n) is 5.75. The Morgan fingerprint density at radius 3 is 2.57 bits per heavy atom. The fourth-order valence-electron chi connectivity index (χ4n) is 2.59. The molecule has 1 N–H and O–H groups in total. The first-order valence-corrected chi connectivity index (χ1v) is 7.64.